The van der Waals surface area contributed by atoms with Crippen LogP contribution in [-0.2, 0) is 16.1 Å². The van der Waals surface area contributed by atoms with Crippen molar-refractivity contribution in [1.82, 2.24) is 9.80 Å². The largest absolute Gasteiger partial charge is 0.472 e. The van der Waals surface area contributed by atoms with Crippen LogP contribution in [0.25, 0.3) is 0 Å². The first kappa shape index (κ1) is 14.6. The van der Waals surface area contributed by atoms with Gasteiger partial charge in [-0.3, -0.25) is 9.69 Å². The highest BCUT2D eigenvalue weighted by molar-refractivity contribution is 5.77. The smallest absolute Gasteiger partial charge is 0.222 e. The van der Waals surface area contributed by atoms with E-state index in [0.717, 1.165) is 39.0 Å². The number of furan rings is 1. The molecule has 5 nitrogen and oxygen atoms in total. The quantitative estimate of drug-likeness (QED) is 0.829. The van der Waals surface area contributed by atoms with Crippen LogP contribution in [0.4, 0.5) is 0 Å². The molecule has 1 amide bonds. The van der Waals surface area contributed by atoms with Gasteiger partial charge in [0, 0.05) is 51.3 Å². The standard InChI is InChI=1S/C16H24N2O3/c1-20-9-7-18-15-4-6-17(10-13-5-8-21-12-13)11-14(15)2-3-16(18)19/h5,8,12,14-15H,2-4,6-7,9-11H2,1H3/t14-,15+/m1/s1. The number of methoxy groups -OCH3 is 1. The fraction of sp³-hybridized carbons (Fsp3) is 0.688. The summed E-state index contributed by atoms with van der Waals surface area (Å²) in [6.07, 6.45) is 6.33. The number of likely N-dealkylation sites (tertiary alicyclic amines) is 2. The number of hydrogen-bond acceptors (Lipinski definition) is 4. The van der Waals surface area contributed by atoms with Crippen LogP contribution in [0.5, 0.6) is 0 Å². The van der Waals surface area contributed by atoms with Crippen molar-refractivity contribution in [2.24, 2.45) is 5.92 Å². The third-order valence-electron chi connectivity index (χ3n) is 4.75. The Balaban J connectivity index is 1.60. The Morgan fingerprint density at radius 1 is 1.43 bits per heavy atom. The average Bonchev–Trinajstić information content (AvgIpc) is 2.99. The van der Waals surface area contributed by atoms with E-state index >= 15 is 0 Å². The summed E-state index contributed by atoms with van der Waals surface area (Å²) in [5.41, 5.74) is 1.23. The number of rotatable bonds is 5. The summed E-state index contributed by atoms with van der Waals surface area (Å²) >= 11 is 0. The first-order valence-corrected chi connectivity index (χ1v) is 7.80. The summed E-state index contributed by atoms with van der Waals surface area (Å²) in [6.45, 7) is 4.44. The minimum atomic E-state index is 0.302. The van der Waals surface area contributed by atoms with Crippen LogP contribution in [0.15, 0.2) is 23.0 Å². The third-order valence-corrected chi connectivity index (χ3v) is 4.75. The van der Waals surface area contributed by atoms with Crippen LogP contribution in [0.2, 0.25) is 0 Å². The van der Waals surface area contributed by atoms with Gasteiger partial charge in [0.1, 0.15) is 0 Å². The van der Waals surface area contributed by atoms with Gasteiger partial charge in [-0.1, -0.05) is 0 Å². The molecule has 0 saturated carbocycles. The van der Waals surface area contributed by atoms with E-state index in [1.165, 1.54) is 5.56 Å². The molecule has 116 valence electrons. The van der Waals surface area contributed by atoms with E-state index < -0.39 is 0 Å². The molecular formula is C16H24N2O3. The van der Waals surface area contributed by atoms with E-state index in [1.54, 1.807) is 13.4 Å². The molecule has 0 radical (unpaired) electrons. The van der Waals surface area contributed by atoms with E-state index in [9.17, 15) is 4.79 Å². The topological polar surface area (TPSA) is 45.9 Å². The molecular weight excluding hydrogens is 268 g/mol. The Hall–Kier alpha value is -1.33. The Labute approximate surface area is 125 Å². The van der Waals surface area contributed by atoms with E-state index in [2.05, 4.69) is 9.80 Å². The van der Waals surface area contributed by atoms with Gasteiger partial charge in [0.25, 0.3) is 0 Å². The van der Waals surface area contributed by atoms with Crippen LogP contribution < -0.4 is 0 Å². The zero-order valence-electron chi connectivity index (χ0n) is 12.7. The molecule has 3 heterocycles. The maximum atomic E-state index is 12.1. The summed E-state index contributed by atoms with van der Waals surface area (Å²) < 4.78 is 10.3. The van der Waals surface area contributed by atoms with Crippen molar-refractivity contribution in [3.63, 3.8) is 0 Å². The van der Waals surface area contributed by atoms with Gasteiger partial charge in [-0.15, -0.1) is 0 Å². The van der Waals surface area contributed by atoms with Crippen molar-refractivity contribution in [3.8, 4) is 0 Å². The van der Waals surface area contributed by atoms with E-state index in [4.69, 9.17) is 9.15 Å². The number of nitrogens with zero attached hydrogens (tertiary/aromatic N) is 2. The first-order valence-electron chi connectivity index (χ1n) is 7.80. The van der Waals surface area contributed by atoms with Gasteiger partial charge < -0.3 is 14.1 Å². The molecule has 5 heteroatoms. The normalized spacial score (nSPS) is 26.9. The number of ether oxygens (including phenoxy) is 1. The molecule has 2 aliphatic rings. The van der Waals surface area contributed by atoms with Crippen molar-refractivity contribution >= 4 is 5.91 Å². The fourth-order valence-corrected chi connectivity index (χ4v) is 3.69. The summed E-state index contributed by atoms with van der Waals surface area (Å²) in [6, 6.07) is 2.43. The lowest BCUT2D eigenvalue weighted by Gasteiger charge is -2.47. The predicted octanol–water partition coefficient (Wildman–Crippen LogP) is 1.74. The predicted molar refractivity (Wildman–Crippen MR) is 78.7 cm³/mol. The van der Waals surface area contributed by atoms with Gasteiger partial charge in [-0.2, -0.15) is 0 Å². The molecule has 1 aromatic rings. The zero-order valence-corrected chi connectivity index (χ0v) is 12.7. The molecule has 0 unspecified atom stereocenters. The van der Waals surface area contributed by atoms with Crippen LogP contribution in [0.3, 0.4) is 0 Å². The summed E-state index contributed by atoms with van der Waals surface area (Å²) in [4.78, 5) is 16.7. The van der Waals surface area contributed by atoms with Crippen LogP contribution in [0, 0.1) is 5.92 Å². The van der Waals surface area contributed by atoms with E-state index in [0.29, 0.717) is 30.9 Å². The monoisotopic (exact) mass is 292 g/mol. The molecule has 2 aliphatic heterocycles. The maximum Gasteiger partial charge on any atom is 0.222 e. The number of fused-ring (bicyclic) bond motifs is 1. The second-order valence-electron chi connectivity index (χ2n) is 6.10. The highest BCUT2D eigenvalue weighted by Crippen LogP contribution is 2.31. The van der Waals surface area contributed by atoms with Gasteiger partial charge in [0.2, 0.25) is 5.91 Å². The summed E-state index contributed by atoms with van der Waals surface area (Å²) in [7, 11) is 1.69. The highest BCUT2D eigenvalue weighted by Gasteiger charge is 2.38. The first-order chi connectivity index (χ1) is 10.3. The Morgan fingerprint density at radius 2 is 2.33 bits per heavy atom. The van der Waals surface area contributed by atoms with Gasteiger partial charge in [-0.05, 0) is 24.8 Å². The van der Waals surface area contributed by atoms with Crippen LogP contribution in [0.1, 0.15) is 24.8 Å². The molecule has 0 bridgehead atoms. The SMILES string of the molecule is COCCN1C(=O)CC[C@@H]2CN(Cc3ccoc3)CC[C@@H]21. The number of amides is 1. The van der Waals surface area contributed by atoms with Gasteiger partial charge in [-0.25, -0.2) is 0 Å². The molecule has 0 aliphatic carbocycles. The van der Waals surface area contributed by atoms with Crippen molar-refractivity contribution in [2.75, 3.05) is 33.4 Å². The molecule has 3 rings (SSSR count). The van der Waals surface area contributed by atoms with Crippen LogP contribution >= 0.6 is 0 Å². The second-order valence-corrected chi connectivity index (χ2v) is 6.10. The third kappa shape index (κ3) is 3.30. The molecule has 0 N–H and O–H groups in total. The molecule has 21 heavy (non-hydrogen) atoms. The number of piperidine rings is 2. The molecule has 2 atom stereocenters. The number of hydrogen-bond donors (Lipinski definition) is 0. The lowest BCUT2D eigenvalue weighted by molar-refractivity contribution is -0.142. The number of carbonyl (C=O) groups excluding carboxylic acids is 1. The molecule has 2 saturated heterocycles. The Morgan fingerprint density at radius 3 is 3.10 bits per heavy atom. The Kier molecular flexibility index (Phi) is 4.60. The minimum Gasteiger partial charge on any atom is -0.472 e. The summed E-state index contributed by atoms with van der Waals surface area (Å²) in [5.74, 6) is 0.900. The lowest BCUT2D eigenvalue weighted by atomic mass is 9.83. The lowest BCUT2D eigenvalue weighted by Crippen LogP contribution is -2.56. The average molecular weight is 292 g/mol. The zero-order chi connectivity index (χ0) is 14.7. The fourth-order valence-electron chi connectivity index (χ4n) is 3.69. The molecule has 0 spiro atoms. The van der Waals surface area contributed by atoms with Crippen molar-refractivity contribution in [3.05, 3.63) is 24.2 Å². The van der Waals surface area contributed by atoms with E-state index in [-0.39, 0.29) is 0 Å². The molecule has 0 aromatic carbocycles. The molecule has 1 aromatic heterocycles. The highest BCUT2D eigenvalue weighted by atomic mass is 16.5. The van der Waals surface area contributed by atoms with Gasteiger partial charge >= 0.3 is 0 Å². The summed E-state index contributed by atoms with van der Waals surface area (Å²) in [5, 5.41) is 0. The van der Waals surface area contributed by atoms with Gasteiger partial charge in [0.15, 0.2) is 0 Å². The molecule has 2 fully saturated rings. The minimum absolute atomic E-state index is 0.302. The Bertz CT molecular complexity index is 460. The van der Waals surface area contributed by atoms with Crippen molar-refractivity contribution in [1.29, 1.82) is 0 Å². The van der Waals surface area contributed by atoms with Crippen molar-refractivity contribution in [2.45, 2.75) is 31.8 Å². The van der Waals surface area contributed by atoms with Crippen LogP contribution in [-0.4, -0.2) is 55.1 Å². The maximum absolute atomic E-state index is 12.1. The number of carbonyl (C=O) groups is 1. The van der Waals surface area contributed by atoms with E-state index in [1.807, 2.05) is 12.3 Å². The van der Waals surface area contributed by atoms with Crippen molar-refractivity contribution < 1.29 is 13.9 Å². The second kappa shape index (κ2) is 6.62. The van der Waals surface area contributed by atoms with Gasteiger partial charge in [0.05, 0.1) is 19.1 Å².